The van der Waals surface area contributed by atoms with E-state index in [2.05, 4.69) is 5.32 Å². The Kier molecular flexibility index (Phi) is 5.86. The first kappa shape index (κ1) is 18.6. The first-order valence-electron chi connectivity index (χ1n) is 9.05. The Morgan fingerprint density at radius 3 is 2.15 bits per heavy atom. The van der Waals surface area contributed by atoms with Crippen molar-refractivity contribution < 1.29 is 14.4 Å². The zero-order chi connectivity index (χ0) is 19.2. The number of benzene rings is 2. The van der Waals surface area contributed by atoms with Crippen LogP contribution in [0.4, 0.5) is 4.79 Å². The van der Waals surface area contributed by atoms with E-state index in [0.717, 1.165) is 11.1 Å². The van der Waals surface area contributed by atoms with E-state index >= 15 is 0 Å². The van der Waals surface area contributed by atoms with Crippen LogP contribution in [0.25, 0.3) is 0 Å². The zero-order valence-corrected chi connectivity index (χ0v) is 15.1. The lowest BCUT2D eigenvalue weighted by molar-refractivity contribution is 0.0650. The largest absolute Gasteiger partial charge is 0.352 e. The van der Waals surface area contributed by atoms with Crippen molar-refractivity contribution in [3.05, 3.63) is 71.3 Å². The predicted octanol–water partition coefficient (Wildman–Crippen LogP) is 2.59. The molecule has 0 atom stereocenters. The van der Waals surface area contributed by atoms with Crippen molar-refractivity contribution in [3.8, 4) is 0 Å². The molecule has 140 valence electrons. The molecule has 0 aromatic heterocycles. The highest BCUT2D eigenvalue weighted by atomic mass is 16.2. The summed E-state index contributed by atoms with van der Waals surface area (Å²) in [6.45, 7) is 1.48. The van der Waals surface area contributed by atoms with Gasteiger partial charge in [0.25, 0.3) is 5.91 Å². The number of amides is 3. The third kappa shape index (κ3) is 4.73. The quantitative estimate of drug-likeness (QED) is 0.798. The molecule has 0 aliphatic carbocycles. The molecule has 1 aliphatic heterocycles. The van der Waals surface area contributed by atoms with Crippen molar-refractivity contribution in [2.24, 2.45) is 11.7 Å². The number of nitrogens with one attached hydrogen (secondary N) is 1. The predicted molar refractivity (Wildman–Crippen MR) is 102 cm³/mol. The Labute approximate surface area is 158 Å². The molecule has 6 nitrogen and oxygen atoms in total. The summed E-state index contributed by atoms with van der Waals surface area (Å²) in [6.07, 6.45) is 1.36. The lowest BCUT2D eigenvalue weighted by Crippen LogP contribution is -2.40. The van der Waals surface area contributed by atoms with E-state index in [4.69, 9.17) is 5.73 Å². The maximum absolute atomic E-state index is 12.7. The second-order valence-corrected chi connectivity index (χ2v) is 6.71. The van der Waals surface area contributed by atoms with Gasteiger partial charge >= 0.3 is 6.03 Å². The van der Waals surface area contributed by atoms with Gasteiger partial charge in [-0.25, -0.2) is 4.79 Å². The van der Waals surface area contributed by atoms with Gasteiger partial charge < -0.3 is 16.0 Å². The Balaban J connectivity index is 1.55. The number of nitrogens with zero attached hydrogens (tertiary/aromatic N) is 1. The van der Waals surface area contributed by atoms with Crippen molar-refractivity contribution in [1.29, 1.82) is 0 Å². The summed E-state index contributed by atoms with van der Waals surface area (Å²) in [5.74, 6) is 0.0997. The molecule has 1 aliphatic rings. The van der Waals surface area contributed by atoms with Crippen LogP contribution >= 0.6 is 0 Å². The minimum atomic E-state index is -0.580. The average molecular weight is 365 g/mol. The van der Waals surface area contributed by atoms with E-state index in [-0.39, 0.29) is 17.6 Å². The first-order chi connectivity index (χ1) is 13.0. The van der Waals surface area contributed by atoms with Crippen LogP contribution in [0.5, 0.6) is 0 Å². The van der Waals surface area contributed by atoms with E-state index in [1.807, 2.05) is 30.3 Å². The number of carbonyl (C=O) groups is 3. The van der Waals surface area contributed by atoms with Crippen LogP contribution in [0.2, 0.25) is 0 Å². The highest BCUT2D eigenvalue weighted by Gasteiger charge is 2.28. The van der Waals surface area contributed by atoms with Crippen LogP contribution in [0.3, 0.4) is 0 Å². The molecule has 1 heterocycles. The fourth-order valence-electron chi connectivity index (χ4n) is 3.32. The van der Waals surface area contributed by atoms with Crippen LogP contribution in [0.1, 0.15) is 39.1 Å². The van der Waals surface area contributed by atoms with E-state index in [0.29, 0.717) is 38.0 Å². The van der Waals surface area contributed by atoms with Gasteiger partial charge in [0.1, 0.15) is 0 Å². The van der Waals surface area contributed by atoms with Crippen LogP contribution in [0.15, 0.2) is 54.6 Å². The van der Waals surface area contributed by atoms with Crippen LogP contribution in [-0.4, -0.2) is 35.7 Å². The maximum Gasteiger partial charge on any atom is 0.312 e. The minimum absolute atomic E-state index is 0.0290. The fraction of sp³-hybridized carbons (Fsp3) is 0.286. The molecular formula is C21H23N3O3. The monoisotopic (exact) mass is 365 g/mol. The van der Waals surface area contributed by atoms with Gasteiger partial charge in [0.05, 0.1) is 0 Å². The Morgan fingerprint density at radius 1 is 0.926 bits per heavy atom. The number of Topliss-reactive ketones (excluding diaryl/α,β-unsaturated/α-hetero) is 1. The molecule has 2 aromatic rings. The highest BCUT2D eigenvalue weighted by molar-refractivity contribution is 5.98. The molecule has 3 N–H and O–H groups in total. The molecule has 0 saturated carbocycles. The molecule has 27 heavy (non-hydrogen) atoms. The van der Waals surface area contributed by atoms with Crippen molar-refractivity contribution in [3.63, 3.8) is 0 Å². The molecule has 0 unspecified atom stereocenters. The molecule has 1 saturated heterocycles. The van der Waals surface area contributed by atoms with Gasteiger partial charge in [-0.3, -0.25) is 9.59 Å². The van der Waals surface area contributed by atoms with Gasteiger partial charge in [-0.15, -0.1) is 0 Å². The summed E-state index contributed by atoms with van der Waals surface area (Å²) in [4.78, 5) is 37.8. The molecular weight excluding hydrogens is 342 g/mol. The topological polar surface area (TPSA) is 92.5 Å². The van der Waals surface area contributed by atoms with Crippen molar-refractivity contribution in [2.45, 2.75) is 19.4 Å². The van der Waals surface area contributed by atoms with Crippen molar-refractivity contribution in [1.82, 2.24) is 10.2 Å². The fourth-order valence-corrected chi connectivity index (χ4v) is 3.32. The van der Waals surface area contributed by atoms with Crippen LogP contribution in [0, 0.1) is 5.92 Å². The van der Waals surface area contributed by atoms with Crippen LogP contribution < -0.4 is 11.1 Å². The third-order valence-electron chi connectivity index (χ3n) is 4.88. The number of likely N-dealkylation sites (tertiary alicyclic amines) is 1. The Hall–Kier alpha value is -3.15. The van der Waals surface area contributed by atoms with E-state index < -0.39 is 6.03 Å². The SMILES string of the molecule is NC(=O)NCc1ccc(C(=O)N2CCC(C(=O)c3ccccc3)CC2)cc1. The van der Waals surface area contributed by atoms with E-state index in [1.54, 1.807) is 29.2 Å². The molecule has 6 heteroatoms. The lowest BCUT2D eigenvalue weighted by atomic mass is 9.88. The molecule has 1 fully saturated rings. The number of urea groups is 1. The molecule has 0 radical (unpaired) electrons. The zero-order valence-electron chi connectivity index (χ0n) is 15.1. The summed E-state index contributed by atoms with van der Waals surface area (Å²) < 4.78 is 0. The van der Waals surface area contributed by atoms with Gasteiger partial charge in [0, 0.05) is 36.7 Å². The number of rotatable bonds is 5. The number of piperidine rings is 1. The Morgan fingerprint density at radius 2 is 1.56 bits per heavy atom. The highest BCUT2D eigenvalue weighted by Crippen LogP contribution is 2.23. The molecule has 3 amide bonds. The van der Waals surface area contributed by atoms with Crippen LogP contribution in [-0.2, 0) is 6.54 Å². The average Bonchev–Trinajstić information content (AvgIpc) is 2.72. The third-order valence-corrected chi connectivity index (χ3v) is 4.88. The first-order valence-corrected chi connectivity index (χ1v) is 9.05. The number of hydrogen-bond donors (Lipinski definition) is 2. The van der Waals surface area contributed by atoms with Gasteiger partial charge in [0.2, 0.25) is 0 Å². The van der Waals surface area contributed by atoms with Gasteiger partial charge in [-0.1, -0.05) is 42.5 Å². The Bertz CT molecular complexity index is 810. The van der Waals surface area contributed by atoms with E-state index in [9.17, 15) is 14.4 Å². The number of ketones is 1. The molecule has 3 rings (SSSR count). The summed E-state index contributed by atoms with van der Waals surface area (Å²) in [5.41, 5.74) is 7.26. The van der Waals surface area contributed by atoms with Gasteiger partial charge in [-0.05, 0) is 30.5 Å². The summed E-state index contributed by atoms with van der Waals surface area (Å²) in [5, 5.41) is 2.51. The summed E-state index contributed by atoms with van der Waals surface area (Å²) in [6, 6.07) is 15.8. The number of primary amides is 1. The number of nitrogens with two attached hydrogens (primary N) is 1. The summed E-state index contributed by atoms with van der Waals surface area (Å²) >= 11 is 0. The standard InChI is InChI=1S/C21H23N3O3/c22-21(27)23-14-15-6-8-18(9-7-15)20(26)24-12-10-17(11-13-24)19(25)16-4-2-1-3-5-16/h1-9,17H,10-14H2,(H3,22,23,27). The number of carbonyl (C=O) groups excluding carboxylic acids is 3. The second-order valence-electron chi connectivity index (χ2n) is 6.71. The van der Waals surface area contributed by atoms with Crippen molar-refractivity contribution >= 4 is 17.7 Å². The number of hydrogen-bond acceptors (Lipinski definition) is 3. The van der Waals surface area contributed by atoms with Gasteiger partial charge in [0.15, 0.2) is 5.78 Å². The van der Waals surface area contributed by atoms with E-state index in [1.165, 1.54) is 0 Å². The van der Waals surface area contributed by atoms with Crippen molar-refractivity contribution in [2.75, 3.05) is 13.1 Å². The molecule has 0 bridgehead atoms. The lowest BCUT2D eigenvalue weighted by Gasteiger charge is -2.31. The minimum Gasteiger partial charge on any atom is -0.352 e. The maximum atomic E-state index is 12.7. The van der Waals surface area contributed by atoms with Gasteiger partial charge in [-0.2, -0.15) is 0 Å². The molecule has 0 spiro atoms. The smallest absolute Gasteiger partial charge is 0.312 e. The normalized spacial score (nSPS) is 14.6. The second kappa shape index (κ2) is 8.49. The summed E-state index contributed by atoms with van der Waals surface area (Å²) in [7, 11) is 0. The molecule has 2 aromatic carbocycles.